The summed E-state index contributed by atoms with van der Waals surface area (Å²) < 4.78 is 27.5. The maximum Gasteiger partial charge on any atom is 0.225 e. The largest absolute Gasteiger partial charge is 0.342 e. The fraction of sp³-hybridized carbons (Fsp3) is 0.632. The number of nitrogens with zero attached hydrogens (tertiary/aromatic N) is 1. The standard InChI is InChI=1S/C19H27F2NOS/c1-3-5-14(6-4-2)19(23)22-10-9-18(24-12-11-22)16-13-15(20)7-8-17(16)21/h7-8,13-14,18H,3-6,9-12H2,1-2H3. The Labute approximate surface area is 148 Å². The highest BCUT2D eigenvalue weighted by Crippen LogP contribution is 2.36. The highest BCUT2D eigenvalue weighted by Gasteiger charge is 2.27. The number of rotatable bonds is 6. The quantitative estimate of drug-likeness (QED) is 0.700. The van der Waals surface area contributed by atoms with Crippen LogP contribution >= 0.6 is 11.8 Å². The van der Waals surface area contributed by atoms with Crippen LogP contribution in [0.15, 0.2) is 18.2 Å². The number of hydrogen-bond donors (Lipinski definition) is 0. The molecule has 0 aromatic heterocycles. The molecule has 0 radical (unpaired) electrons. The van der Waals surface area contributed by atoms with Crippen molar-refractivity contribution in [2.75, 3.05) is 18.8 Å². The SMILES string of the molecule is CCCC(CCC)C(=O)N1CCSC(c2cc(F)ccc2F)CC1. The van der Waals surface area contributed by atoms with Gasteiger partial charge in [-0.05, 0) is 37.5 Å². The third-order valence-electron chi connectivity index (χ3n) is 4.58. The van der Waals surface area contributed by atoms with Crippen molar-refractivity contribution in [1.29, 1.82) is 0 Å². The molecule has 0 saturated carbocycles. The average molecular weight is 355 g/mol. The molecular formula is C19H27F2NOS. The predicted molar refractivity (Wildman–Crippen MR) is 96.1 cm³/mol. The number of amides is 1. The van der Waals surface area contributed by atoms with E-state index in [1.54, 1.807) is 11.8 Å². The number of thioether (sulfide) groups is 1. The van der Waals surface area contributed by atoms with Gasteiger partial charge in [0.15, 0.2) is 0 Å². The second-order valence-electron chi connectivity index (χ2n) is 6.41. The van der Waals surface area contributed by atoms with Gasteiger partial charge in [0.05, 0.1) is 0 Å². The van der Waals surface area contributed by atoms with E-state index in [0.29, 0.717) is 25.1 Å². The molecule has 1 fully saturated rings. The number of benzene rings is 1. The van der Waals surface area contributed by atoms with Gasteiger partial charge in [0, 0.05) is 35.6 Å². The third kappa shape index (κ3) is 4.95. The Kier molecular flexibility index (Phi) is 7.53. The van der Waals surface area contributed by atoms with Crippen molar-refractivity contribution in [3.63, 3.8) is 0 Å². The number of carbonyl (C=O) groups is 1. The lowest BCUT2D eigenvalue weighted by Gasteiger charge is -2.26. The molecule has 1 aliphatic rings. The van der Waals surface area contributed by atoms with E-state index in [9.17, 15) is 13.6 Å². The fourth-order valence-electron chi connectivity index (χ4n) is 3.35. The molecule has 1 saturated heterocycles. The van der Waals surface area contributed by atoms with Crippen LogP contribution in [0.3, 0.4) is 0 Å². The topological polar surface area (TPSA) is 20.3 Å². The first kappa shape index (κ1) is 19.2. The number of carbonyl (C=O) groups excluding carboxylic acids is 1. The van der Waals surface area contributed by atoms with Crippen molar-refractivity contribution in [2.24, 2.45) is 5.92 Å². The Morgan fingerprint density at radius 3 is 2.62 bits per heavy atom. The van der Waals surface area contributed by atoms with Crippen LogP contribution in [0.2, 0.25) is 0 Å². The minimum absolute atomic E-state index is 0.0886. The van der Waals surface area contributed by atoms with Gasteiger partial charge >= 0.3 is 0 Å². The first-order chi connectivity index (χ1) is 11.6. The summed E-state index contributed by atoms with van der Waals surface area (Å²) in [6.07, 6.45) is 4.55. The zero-order valence-corrected chi connectivity index (χ0v) is 15.4. The molecule has 0 aliphatic carbocycles. The lowest BCUT2D eigenvalue weighted by Crippen LogP contribution is -2.37. The second-order valence-corrected chi connectivity index (χ2v) is 7.72. The van der Waals surface area contributed by atoms with E-state index >= 15 is 0 Å². The molecule has 0 bridgehead atoms. The van der Waals surface area contributed by atoms with Crippen molar-refractivity contribution in [1.82, 2.24) is 4.90 Å². The Balaban J connectivity index is 2.04. The molecule has 0 N–H and O–H groups in total. The molecule has 1 aliphatic heterocycles. The Bertz CT molecular complexity index is 546. The first-order valence-electron chi connectivity index (χ1n) is 8.92. The van der Waals surface area contributed by atoms with Gasteiger partial charge in [0.2, 0.25) is 5.91 Å². The molecule has 0 spiro atoms. The van der Waals surface area contributed by atoms with Gasteiger partial charge in [-0.25, -0.2) is 8.78 Å². The van der Waals surface area contributed by atoms with Crippen molar-refractivity contribution in [3.8, 4) is 0 Å². The van der Waals surface area contributed by atoms with Crippen molar-refractivity contribution in [2.45, 2.75) is 51.2 Å². The molecule has 2 nitrogen and oxygen atoms in total. The van der Waals surface area contributed by atoms with Crippen LogP contribution in [-0.2, 0) is 4.79 Å². The van der Waals surface area contributed by atoms with Gasteiger partial charge < -0.3 is 4.90 Å². The minimum Gasteiger partial charge on any atom is -0.342 e. The van der Waals surface area contributed by atoms with E-state index < -0.39 is 5.82 Å². The van der Waals surface area contributed by atoms with E-state index in [1.165, 1.54) is 12.1 Å². The maximum atomic E-state index is 14.0. The van der Waals surface area contributed by atoms with Crippen LogP contribution in [0.5, 0.6) is 0 Å². The summed E-state index contributed by atoms with van der Waals surface area (Å²) in [5.41, 5.74) is 0.424. The van der Waals surface area contributed by atoms with Crippen LogP contribution in [-0.4, -0.2) is 29.6 Å². The lowest BCUT2D eigenvalue weighted by atomic mass is 9.96. The normalized spacial score (nSPS) is 18.7. The summed E-state index contributed by atoms with van der Waals surface area (Å²) >= 11 is 1.62. The van der Waals surface area contributed by atoms with E-state index in [0.717, 1.165) is 37.5 Å². The van der Waals surface area contributed by atoms with Crippen molar-refractivity contribution >= 4 is 17.7 Å². The summed E-state index contributed by atoms with van der Waals surface area (Å²) in [5.74, 6) is 0.336. The zero-order chi connectivity index (χ0) is 17.5. The molecule has 2 rings (SSSR count). The lowest BCUT2D eigenvalue weighted by molar-refractivity contribution is -0.135. The summed E-state index contributed by atoms with van der Waals surface area (Å²) in [4.78, 5) is 14.7. The molecule has 5 heteroatoms. The smallest absolute Gasteiger partial charge is 0.225 e. The third-order valence-corrected chi connectivity index (χ3v) is 5.89. The van der Waals surface area contributed by atoms with Gasteiger partial charge in [-0.1, -0.05) is 26.7 Å². The molecule has 1 atom stereocenters. The summed E-state index contributed by atoms with van der Waals surface area (Å²) in [6, 6.07) is 3.63. The van der Waals surface area contributed by atoms with E-state index in [2.05, 4.69) is 13.8 Å². The predicted octanol–water partition coefficient (Wildman–Crippen LogP) is 5.19. The fourth-order valence-corrected chi connectivity index (χ4v) is 4.59. The Hall–Kier alpha value is -1.10. The highest BCUT2D eigenvalue weighted by molar-refractivity contribution is 7.99. The molecular weight excluding hydrogens is 328 g/mol. The van der Waals surface area contributed by atoms with Crippen LogP contribution < -0.4 is 0 Å². The van der Waals surface area contributed by atoms with E-state index in [1.807, 2.05) is 4.90 Å². The van der Waals surface area contributed by atoms with Gasteiger partial charge in [0.1, 0.15) is 11.6 Å². The summed E-state index contributed by atoms with van der Waals surface area (Å²) in [6.45, 7) is 5.53. The molecule has 134 valence electrons. The van der Waals surface area contributed by atoms with Crippen LogP contribution in [0.25, 0.3) is 0 Å². The number of hydrogen-bond acceptors (Lipinski definition) is 2. The van der Waals surface area contributed by atoms with Crippen molar-refractivity contribution in [3.05, 3.63) is 35.4 Å². The Morgan fingerprint density at radius 2 is 1.96 bits per heavy atom. The van der Waals surface area contributed by atoms with Crippen LogP contribution in [0, 0.1) is 17.6 Å². The second kappa shape index (κ2) is 9.40. The first-order valence-corrected chi connectivity index (χ1v) is 9.97. The molecule has 24 heavy (non-hydrogen) atoms. The van der Waals surface area contributed by atoms with Crippen LogP contribution in [0.1, 0.15) is 56.8 Å². The molecule has 1 heterocycles. The molecule has 1 amide bonds. The molecule has 1 aromatic carbocycles. The van der Waals surface area contributed by atoms with E-state index in [-0.39, 0.29) is 22.9 Å². The molecule has 1 aromatic rings. The zero-order valence-electron chi connectivity index (χ0n) is 14.6. The summed E-state index contributed by atoms with van der Waals surface area (Å²) in [5, 5.41) is -0.0886. The maximum absolute atomic E-state index is 14.0. The van der Waals surface area contributed by atoms with Gasteiger partial charge in [-0.3, -0.25) is 4.79 Å². The van der Waals surface area contributed by atoms with E-state index in [4.69, 9.17) is 0 Å². The van der Waals surface area contributed by atoms with Gasteiger partial charge in [-0.15, -0.1) is 0 Å². The number of halogens is 2. The molecule has 1 unspecified atom stereocenters. The van der Waals surface area contributed by atoms with Crippen LogP contribution in [0.4, 0.5) is 8.78 Å². The van der Waals surface area contributed by atoms with Gasteiger partial charge in [-0.2, -0.15) is 11.8 Å². The monoisotopic (exact) mass is 355 g/mol. The highest BCUT2D eigenvalue weighted by atomic mass is 32.2. The minimum atomic E-state index is -0.407. The Morgan fingerprint density at radius 1 is 1.25 bits per heavy atom. The summed E-state index contributed by atoms with van der Waals surface area (Å²) in [7, 11) is 0. The average Bonchev–Trinajstić information content (AvgIpc) is 2.82. The van der Waals surface area contributed by atoms with Gasteiger partial charge in [0.25, 0.3) is 0 Å². The van der Waals surface area contributed by atoms with Crippen molar-refractivity contribution < 1.29 is 13.6 Å².